The van der Waals surface area contributed by atoms with Gasteiger partial charge in [-0.2, -0.15) is 0 Å². The lowest BCUT2D eigenvalue weighted by Crippen LogP contribution is -2.30. The molecule has 0 N–H and O–H groups in total. The van der Waals surface area contributed by atoms with Crippen molar-refractivity contribution in [3.05, 3.63) is 70.9 Å². The number of carbonyl (C=O) groups is 1. The highest BCUT2D eigenvalue weighted by molar-refractivity contribution is 6.29. The highest BCUT2D eigenvalue weighted by Crippen LogP contribution is 2.18. The number of likely N-dealkylation sites (N-methyl/N-ethyl adjacent to an activating group) is 1. The van der Waals surface area contributed by atoms with Crippen LogP contribution in [0.1, 0.15) is 15.9 Å². The molecule has 1 amide bonds. The number of benzene rings is 2. The van der Waals surface area contributed by atoms with Gasteiger partial charge >= 0.3 is 0 Å². The first-order valence-corrected chi connectivity index (χ1v) is 8.42. The Hall–Kier alpha value is -2.59. The Labute approximate surface area is 152 Å². The number of aromatic nitrogens is 1. The zero-order valence-electron chi connectivity index (χ0n) is 14.2. The fourth-order valence-electron chi connectivity index (χ4n) is 2.56. The van der Waals surface area contributed by atoms with Crippen LogP contribution in [0.3, 0.4) is 0 Å². The van der Waals surface area contributed by atoms with E-state index in [0.717, 1.165) is 22.2 Å². The van der Waals surface area contributed by atoms with Crippen LogP contribution in [0.4, 0.5) is 0 Å². The van der Waals surface area contributed by atoms with Gasteiger partial charge in [-0.1, -0.05) is 23.7 Å². The van der Waals surface area contributed by atoms with Gasteiger partial charge in [-0.25, -0.2) is 4.98 Å². The molecule has 1 aromatic heterocycles. The highest BCUT2D eigenvalue weighted by atomic mass is 35.5. The monoisotopic (exact) mass is 354 g/mol. The summed E-state index contributed by atoms with van der Waals surface area (Å²) >= 11 is 5.89. The second-order valence-electron chi connectivity index (χ2n) is 5.93. The van der Waals surface area contributed by atoms with Crippen molar-refractivity contribution < 1.29 is 9.53 Å². The number of ether oxygens (including phenoxy) is 1. The van der Waals surface area contributed by atoms with Crippen molar-refractivity contribution in [3.8, 4) is 5.75 Å². The van der Waals surface area contributed by atoms with E-state index in [1.807, 2.05) is 49.4 Å². The molecular weight excluding hydrogens is 336 g/mol. The van der Waals surface area contributed by atoms with Crippen LogP contribution in [-0.2, 0) is 0 Å². The molecule has 0 bridgehead atoms. The minimum Gasteiger partial charge on any atom is -0.492 e. The summed E-state index contributed by atoms with van der Waals surface area (Å²) in [4.78, 5) is 18.5. The number of carbonyl (C=O) groups excluding carboxylic acids is 1. The standard InChI is InChI=1S/C20H19ClN2O2/c1-14-4-3-5-17(12-14)25-11-10-23(2)20(24)16-6-8-18-15(13-16)7-9-19(21)22-18/h3-9,12-13H,10-11H2,1-2H3. The van der Waals surface area contributed by atoms with E-state index in [4.69, 9.17) is 16.3 Å². The van der Waals surface area contributed by atoms with Gasteiger partial charge in [0.25, 0.3) is 5.91 Å². The molecule has 1 heterocycles. The predicted molar refractivity (Wildman–Crippen MR) is 100 cm³/mol. The molecule has 4 nitrogen and oxygen atoms in total. The van der Waals surface area contributed by atoms with E-state index < -0.39 is 0 Å². The van der Waals surface area contributed by atoms with Gasteiger partial charge in [0.05, 0.1) is 12.1 Å². The third-order valence-corrected chi connectivity index (χ3v) is 4.14. The lowest BCUT2D eigenvalue weighted by atomic mass is 10.1. The molecular formula is C20H19ClN2O2. The fourth-order valence-corrected chi connectivity index (χ4v) is 2.72. The zero-order valence-corrected chi connectivity index (χ0v) is 15.0. The van der Waals surface area contributed by atoms with Gasteiger partial charge in [-0.05, 0) is 55.0 Å². The number of pyridine rings is 1. The van der Waals surface area contributed by atoms with Crippen LogP contribution < -0.4 is 4.74 Å². The summed E-state index contributed by atoms with van der Waals surface area (Å²) in [6, 6.07) is 16.9. The van der Waals surface area contributed by atoms with Gasteiger partial charge < -0.3 is 9.64 Å². The van der Waals surface area contributed by atoms with E-state index in [0.29, 0.717) is 23.9 Å². The van der Waals surface area contributed by atoms with Crippen molar-refractivity contribution in [3.63, 3.8) is 0 Å². The number of hydrogen-bond donors (Lipinski definition) is 0. The molecule has 0 unspecified atom stereocenters. The lowest BCUT2D eigenvalue weighted by molar-refractivity contribution is 0.0774. The molecule has 0 aliphatic heterocycles. The third kappa shape index (κ3) is 4.28. The molecule has 3 aromatic rings. The summed E-state index contributed by atoms with van der Waals surface area (Å²) < 4.78 is 5.71. The van der Waals surface area contributed by atoms with Crippen molar-refractivity contribution in [2.75, 3.05) is 20.2 Å². The molecule has 0 aliphatic rings. The highest BCUT2D eigenvalue weighted by Gasteiger charge is 2.12. The number of hydrogen-bond acceptors (Lipinski definition) is 3. The minimum atomic E-state index is -0.0512. The maximum absolute atomic E-state index is 12.6. The third-order valence-electron chi connectivity index (χ3n) is 3.93. The summed E-state index contributed by atoms with van der Waals surface area (Å²) in [5.74, 6) is 0.763. The van der Waals surface area contributed by atoms with Gasteiger partial charge in [-0.3, -0.25) is 4.79 Å². The predicted octanol–water partition coefficient (Wildman–Crippen LogP) is 4.35. The molecule has 0 fully saturated rings. The van der Waals surface area contributed by atoms with Gasteiger partial charge in [-0.15, -0.1) is 0 Å². The van der Waals surface area contributed by atoms with E-state index >= 15 is 0 Å². The molecule has 25 heavy (non-hydrogen) atoms. The maximum atomic E-state index is 12.6. The van der Waals surface area contributed by atoms with Gasteiger partial charge in [0.1, 0.15) is 17.5 Å². The number of nitrogens with zero attached hydrogens (tertiary/aromatic N) is 2. The Bertz CT molecular complexity index is 911. The van der Waals surface area contributed by atoms with E-state index in [-0.39, 0.29) is 5.91 Å². The maximum Gasteiger partial charge on any atom is 0.253 e. The second-order valence-corrected chi connectivity index (χ2v) is 6.32. The van der Waals surface area contributed by atoms with E-state index in [1.165, 1.54) is 0 Å². The molecule has 2 aromatic carbocycles. The molecule has 0 spiro atoms. The van der Waals surface area contributed by atoms with Gasteiger partial charge in [0.2, 0.25) is 0 Å². The number of aryl methyl sites for hydroxylation is 1. The minimum absolute atomic E-state index is 0.0512. The van der Waals surface area contributed by atoms with Crippen LogP contribution in [0.5, 0.6) is 5.75 Å². The topological polar surface area (TPSA) is 42.4 Å². The summed E-state index contributed by atoms with van der Waals surface area (Å²) in [6.45, 7) is 2.96. The van der Waals surface area contributed by atoms with Crippen LogP contribution in [0.2, 0.25) is 5.15 Å². The molecule has 0 aliphatic carbocycles. The average Bonchev–Trinajstić information content (AvgIpc) is 2.60. The van der Waals surface area contributed by atoms with E-state index in [9.17, 15) is 4.79 Å². The van der Waals surface area contributed by atoms with Crippen molar-refractivity contribution >= 4 is 28.4 Å². The van der Waals surface area contributed by atoms with Crippen LogP contribution in [0.25, 0.3) is 10.9 Å². The van der Waals surface area contributed by atoms with Crippen molar-refractivity contribution in [2.45, 2.75) is 6.92 Å². The molecule has 3 rings (SSSR count). The Morgan fingerprint density at radius 1 is 1.16 bits per heavy atom. The molecule has 0 saturated heterocycles. The largest absolute Gasteiger partial charge is 0.492 e. The summed E-state index contributed by atoms with van der Waals surface area (Å²) in [7, 11) is 1.77. The average molecular weight is 355 g/mol. The van der Waals surface area contributed by atoms with Gasteiger partial charge in [0.15, 0.2) is 0 Å². The number of fused-ring (bicyclic) bond motifs is 1. The van der Waals surface area contributed by atoms with E-state index in [2.05, 4.69) is 4.98 Å². The Morgan fingerprint density at radius 2 is 2.00 bits per heavy atom. The molecule has 5 heteroatoms. The zero-order chi connectivity index (χ0) is 17.8. The van der Waals surface area contributed by atoms with Crippen molar-refractivity contribution in [1.29, 1.82) is 0 Å². The van der Waals surface area contributed by atoms with Crippen molar-refractivity contribution in [1.82, 2.24) is 9.88 Å². The Kier molecular flexibility index (Phi) is 5.19. The Balaban J connectivity index is 1.63. The van der Waals surface area contributed by atoms with Crippen LogP contribution >= 0.6 is 11.6 Å². The summed E-state index contributed by atoms with van der Waals surface area (Å²) in [6.07, 6.45) is 0. The first-order valence-electron chi connectivity index (χ1n) is 8.04. The number of amides is 1. The lowest BCUT2D eigenvalue weighted by Gasteiger charge is -2.18. The van der Waals surface area contributed by atoms with Gasteiger partial charge in [0, 0.05) is 18.0 Å². The number of halogens is 1. The molecule has 128 valence electrons. The van der Waals surface area contributed by atoms with Crippen LogP contribution in [0.15, 0.2) is 54.6 Å². The summed E-state index contributed by atoms with van der Waals surface area (Å²) in [5, 5.41) is 1.33. The molecule has 0 radical (unpaired) electrons. The quantitative estimate of drug-likeness (QED) is 0.640. The fraction of sp³-hybridized carbons (Fsp3) is 0.200. The first kappa shape index (κ1) is 17.2. The molecule has 0 saturated carbocycles. The Morgan fingerprint density at radius 3 is 2.80 bits per heavy atom. The van der Waals surface area contributed by atoms with Crippen molar-refractivity contribution in [2.24, 2.45) is 0 Å². The summed E-state index contributed by atoms with van der Waals surface area (Å²) in [5.41, 5.74) is 2.54. The smallest absolute Gasteiger partial charge is 0.253 e. The molecule has 0 atom stereocenters. The second kappa shape index (κ2) is 7.53. The first-order chi connectivity index (χ1) is 12.0. The van der Waals surface area contributed by atoms with Crippen LogP contribution in [-0.4, -0.2) is 36.0 Å². The SMILES string of the molecule is Cc1cccc(OCCN(C)C(=O)c2ccc3nc(Cl)ccc3c2)c1. The normalized spacial score (nSPS) is 10.7. The van der Waals surface area contributed by atoms with Crippen LogP contribution in [0, 0.1) is 6.92 Å². The van der Waals surface area contributed by atoms with E-state index in [1.54, 1.807) is 24.1 Å². The number of rotatable bonds is 5.